The predicted molar refractivity (Wildman–Crippen MR) is 71.3 cm³/mol. The summed E-state index contributed by atoms with van der Waals surface area (Å²) in [5.41, 5.74) is -0.281. The first kappa shape index (κ1) is 15.4. The summed E-state index contributed by atoms with van der Waals surface area (Å²) >= 11 is 0. The number of carbonyl (C=O) groups excluding carboxylic acids is 1. The van der Waals surface area contributed by atoms with E-state index in [1.165, 1.54) is 17.4 Å². The molecule has 1 aliphatic heterocycles. The van der Waals surface area contributed by atoms with Crippen molar-refractivity contribution in [1.29, 1.82) is 0 Å². The number of likely N-dealkylation sites (tertiary alicyclic amines) is 1. The van der Waals surface area contributed by atoms with E-state index in [9.17, 15) is 22.4 Å². The lowest BCUT2D eigenvalue weighted by Gasteiger charge is -2.24. The Hall–Kier alpha value is -2.51. The van der Waals surface area contributed by atoms with Crippen LogP contribution >= 0.6 is 0 Å². The van der Waals surface area contributed by atoms with Crippen LogP contribution in [0.4, 0.5) is 17.6 Å². The quantitative estimate of drug-likeness (QED) is 0.484. The average molecular weight is 325 g/mol. The van der Waals surface area contributed by atoms with Crippen LogP contribution in [-0.4, -0.2) is 27.3 Å². The molecule has 0 spiro atoms. The van der Waals surface area contributed by atoms with Crippen LogP contribution in [0.1, 0.15) is 34.9 Å². The zero-order valence-corrected chi connectivity index (χ0v) is 11.8. The molecule has 1 fully saturated rings. The molecule has 0 saturated carbocycles. The molecular formula is C15H11F4N3O. The molecule has 0 N–H and O–H groups in total. The highest BCUT2D eigenvalue weighted by atomic mass is 19.2. The lowest BCUT2D eigenvalue weighted by molar-refractivity contribution is 0.0725. The van der Waals surface area contributed by atoms with Gasteiger partial charge in [0.1, 0.15) is 6.33 Å². The van der Waals surface area contributed by atoms with Gasteiger partial charge in [-0.3, -0.25) is 4.79 Å². The van der Waals surface area contributed by atoms with Gasteiger partial charge in [-0.05, 0) is 25.0 Å². The maximum Gasteiger partial charge on any atom is 0.257 e. The van der Waals surface area contributed by atoms with E-state index in [1.54, 1.807) is 6.07 Å². The van der Waals surface area contributed by atoms with Crippen LogP contribution in [-0.2, 0) is 0 Å². The highest BCUT2D eigenvalue weighted by Crippen LogP contribution is 2.32. The molecule has 1 atom stereocenters. The fraction of sp³-hybridized carbons (Fsp3) is 0.267. The third-order valence-electron chi connectivity index (χ3n) is 3.79. The number of hydrogen-bond donors (Lipinski definition) is 0. The molecule has 1 saturated heterocycles. The number of carbonyl (C=O) groups is 1. The average Bonchev–Trinajstić information content (AvgIpc) is 3.06. The molecule has 0 aliphatic carbocycles. The van der Waals surface area contributed by atoms with Crippen LogP contribution in [0.5, 0.6) is 0 Å². The van der Waals surface area contributed by atoms with E-state index in [0.717, 1.165) is 0 Å². The number of amides is 1. The van der Waals surface area contributed by atoms with Gasteiger partial charge in [0.25, 0.3) is 5.91 Å². The first-order valence-electron chi connectivity index (χ1n) is 6.90. The zero-order valence-electron chi connectivity index (χ0n) is 11.8. The number of aromatic nitrogens is 2. The van der Waals surface area contributed by atoms with Crippen molar-refractivity contribution in [2.24, 2.45) is 0 Å². The minimum Gasteiger partial charge on any atom is -0.330 e. The highest BCUT2D eigenvalue weighted by molar-refractivity contribution is 5.95. The third kappa shape index (κ3) is 2.64. The molecule has 3 rings (SSSR count). The van der Waals surface area contributed by atoms with Gasteiger partial charge < -0.3 is 4.90 Å². The van der Waals surface area contributed by atoms with Gasteiger partial charge in [-0.1, -0.05) is 0 Å². The highest BCUT2D eigenvalue weighted by Gasteiger charge is 2.34. The Morgan fingerprint density at radius 2 is 1.96 bits per heavy atom. The largest absolute Gasteiger partial charge is 0.330 e. The minimum atomic E-state index is -1.99. The lowest BCUT2D eigenvalue weighted by atomic mass is 10.1. The first-order valence-corrected chi connectivity index (χ1v) is 6.90. The van der Waals surface area contributed by atoms with E-state index in [1.807, 2.05) is 0 Å². The summed E-state index contributed by atoms with van der Waals surface area (Å²) < 4.78 is 53.5. The van der Waals surface area contributed by atoms with Gasteiger partial charge in [0.2, 0.25) is 0 Å². The Balaban J connectivity index is 1.97. The smallest absolute Gasteiger partial charge is 0.257 e. The van der Waals surface area contributed by atoms with Crippen molar-refractivity contribution in [3.63, 3.8) is 0 Å². The number of rotatable bonds is 2. The fourth-order valence-corrected chi connectivity index (χ4v) is 2.70. The zero-order chi connectivity index (χ0) is 16.6. The Morgan fingerprint density at radius 3 is 2.65 bits per heavy atom. The number of hydrogen-bond acceptors (Lipinski definition) is 3. The summed E-state index contributed by atoms with van der Waals surface area (Å²) in [7, 11) is 0. The van der Waals surface area contributed by atoms with Crippen molar-refractivity contribution in [3.05, 3.63) is 59.2 Å². The topological polar surface area (TPSA) is 46.1 Å². The number of benzene rings is 1. The minimum absolute atomic E-state index is 0.285. The number of nitrogens with zero attached hydrogens (tertiary/aromatic N) is 3. The second kappa shape index (κ2) is 5.94. The van der Waals surface area contributed by atoms with E-state index in [4.69, 9.17) is 0 Å². The molecule has 2 aromatic rings. The van der Waals surface area contributed by atoms with Crippen molar-refractivity contribution < 1.29 is 22.4 Å². The summed E-state index contributed by atoms with van der Waals surface area (Å²) in [4.78, 5) is 21.6. The maximum absolute atomic E-state index is 13.8. The first-order chi connectivity index (χ1) is 11.0. The van der Waals surface area contributed by atoms with Crippen LogP contribution in [0.15, 0.2) is 24.7 Å². The van der Waals surface area contributed by atoms with Gasteiger partial charge in [-0.25, -0.2) is 27.5 Å². The standard InChI is InChI=1S/C15H11F4N3O/c16-9-6-8(12(17)14(19)13(9)18)15(23)22-5-1-2-11(22)10-3-4-20-7-21-10/h3-4,6-7,11H,1-2,5H2. The summed E-state index contributed by atoms with van der Waals surface area (Å²) in [6.07, 6.45) is 4.03. The molecule has 23 heavy (non-hydrogen) atoms. The third-order valence-corrected chi connectivity index (χ3v) is 3.79. The molecule has 1 aromatic heterocycles. The molecule has 1 aromatic carbocycles. The van der Waals surface area contributed by atoms with Gasteiger partial charge in [0.05, 0.1) is 17.3 Å². The van der Waals surface area contributed by atoms with Crippen molar-refractivity contribution in [2.45, 2.75) is 18.9 Å². The monoisotopic (exact) mass is 325 g/mol. The van der Waals surface area contributed by atoms with Crippen LogP contribution in [0, 0.1) is 23.3 Å². The Bertz CT molecular complexity index is 754. The predicted octanol–water partition coefficient (Wildman–Crippen LogP) is 3.01. The molecule has 2 heterocycles. The molecule has 0 bridgehead atoms. The Morgan fingerprint density at radius 1 is 1.17 bits per heavy atom. The van der Waals surface area contributed by atoms with Crippen LogP contribution in [0.25, 0.3) is 0 Å². The van der Waals surface area contributed by atoms with Crippen LogP contribution in [0.3, 0.4) is 0 Å². The van der Waals surface area contributed by atoms with E-state index in [2.05, 4.69) is 9.97 Å². The van der Waals surface area contributed by atoms with Gasteiger partial charge in [0.15, 0.2) is 23.3 Å². The van der Waals surface area contributed by atoms with Gasteiger partial charge in [0, 0.05) is 12.7 Å². The molecule has 120 valence electrons. The van der Waals surface area contributed by atoms with E-state index >= 15 is 0 Å². The van der Waals surface area contributed by atoms with Crippen molar-refractivity contribution >= 4 is 5.91 Å². The Labute approximate surface area is 128 Å². The SMILES string of the molecule is O=C(c1cc(F)c(F)c(F)c1F)N1CCCC1c1ccncn1. The van der Waals surface area contributed by atoms with E-state index in [0.29, 0.717) is 24.6 Å². The van der Waals surface area contributed by atoms with Crippen LogP contribution in [0.2, 0.25) is 0 Å². The van der Waals surface area contributed by atoms with Gasteiger partial charge in [-0.2, -0.15) is 0 Å². The second-order valence-corrected chi connectivity index (χ2v) is 5.14. The molecule has 1 unspecified atom stereocenters. The second-order valence-electron chi connectivity index (χ2n) is 5.14. The fourth-order valence-electron chi connectivity index (χ4n) is 2.70. The molecule has 0 radical (unpaired) electrons. The van der Waals surface area contributed by atoms with E-state index < -0.39 is 40.8 Å². The Kier molecular flexibility index (Phi) is 3.97. The summed E-state index contributed by atoms with van der Waals surface area (Å²) in [5, 5.41) is 0. The lowest BCUT2D eigenvalue weighted by Crippen LogP contribution is -2.32. The van der Waals surface area contributed by atoms with Gasteiger partial charge >= 0.3 is 0 Å². The van der Waals surface area contributed by atoms with E-state index in [-0.39, 0.29) is 6.54 Å². The molecule has 8 heteroatoms. The summed E-state index contributed by atoms with van der Waals surface area (Å²) in [6, 6.07) is 1.55. The molecule has 4 nitrogen and oxygen atoms in total. The van der Waals surface area contributed by atoms with Gasteiger partial charge in [-0.15, -0.1) is 0 Å². The maximum atomic E-state index is 13.8. The van der Waals surface area contributed by atoms with Crippen molar-refractivity contribution in [2.75, 3.05) is 6.54 Å². The molecule has 1 aliphatic rings. The normalized spacial score (nSPS) is 17.6. The van der Waals surface area contributed by atoms with Crippen molar-refractivity contribution in [3.8, 4) is 0 Å². The van der Waals surface area contributed by atoms with Crippen molar-refractivity contribution in [1.82, 2.24) is 14.9 Å². The summed E-state index contributed by atoms with van der Waals surface area (Å²) in [6.45, 7) is 0.285. The van der Waals surface area contributed by atoms with Crippen LogP contribution < -0.4 is 0 Å². The number of halogens is 4. The molecular weight excluding hydrogens is 314 g/mol. The molecule has 1 amide bonds. The summed E-state index contributed by atoms with van der Waals surface area (Å²) in [5.74, 6) is -8.13.